The van der Waals surface area contributed by atoms with Crippen LogP contribution in [-0.2, 0) is 4.79 Å². The molecule has 0 radical (unpaired) electrons. The molecule has 4 nitrogen and oxygen atoms in total. The molecule has 1 amide bonds. The molecule has 14 heavy (non-hydrogen) atoms. The Balaban J connectivity index is 3.15. The van der Waals surface area contributed by atoms with Gasteiger partial charge in [0.1, 0.15) is 0 Å². The van der Waals surface area contributed by atoms with Crippen LogP contribution >= 0.6 is 11.8 Å². The third-order valence-corrected chi connectivity index (χ3v) is 2.90. The Bertz CT molecular complexity index is 393. The summed E-state index contributed by atoms with van der Waals surface area (Å²) in [5.41, 5.74) is 6.82. The van der Waals surface area contributed by atoms with Crippen LogP contribution in [0.1, 0.15) is 13.8 Å². The molecular formula is C9H11N3OS. The van der Waals surface area contributed by atoms with Crippen molar-refractivity contribution in [2.75, 3.05) is 0 Å². The fraction of sp³-hybridized carbons (Fsp3) is 0.222. The molecule has 0 bridgehead atoms. The van der Waals surface area contributed by atoms with Crippen molar-refractivity contribution in [1.82, 2.24) is 0 Å². The molecule has 0 aromatic rings. The highest BCUT2D eigenvalue weighted by Gasteiger charge is 2.22. The average Bonchev–Trinajstić information content (AvgIpc) is 2.46. The van der Waals surface area contributed by atoms with Crippen molar-refractivity contribution in [1.29, 1.82) is 10.8 Å². The highest BCUT2D eigenvalue weighted by Crippen LogP contribution is 2.32. The van der Waals surface area contributed by atoms with Gasteiger partial charge in [-0.2, -0.15) is 0 Å². The van der Waals surface area contributed by atoms with Gasteiger partial charge in [0.05, 0.1) is 9.95 Å². The molecule has 1 aliphatic heterocycles. The number of carbonyl (C=O) groups is 1. The molecule has 4 N–H and O–H groups in total. The smallest absolute Gasteiger partial charge is 0.255 e. The summed E-state index contributed by atoms with van der Waals surface area (Å²) in [7, 11) is 0. The first-order valence-electron chi connectivity index (χ1n) is 3.98. The summed E-state index contributed by atoms with van der Waals surface area (Å²) in [6, 6.07) is 0. The van der Waals surface area contributed by atoms with E-state index in [0.717, 1.165) is 11.8 Å². The minimum Gasteiger partial charge on any atom is -0.365 e. The lowest BCUT2D eigenvalue weighted by molar-refractivity contribution is -0.113. The summed E-state index contributed by atoms with van der Waals surface area (Å²) in [5, 5.41) is 15.3. The topological polar surface area (TPSA) is 90.8 Å². The van der Waals surface area contributed by atoms with Crippen molar-refractivity contribution in [3.8, 4) is 0 Å². The van der Waals surface area contributed by atoms with Crippen LogP contribution in [0.15, 0.2) is 22.1 Å². The van der Waals surface area contributed by atoms with Gasteiger partial charge in [-0.25, -0.2) is 0 Å². The number of hydrogen-bond donors (Lipinski definition) is 3. The number of nitrogens with one attached hydrogen (secondary N) is 2. The van der Waals surface area contributed by atoms with E-state index in [1.807, 2.05) is 0 Å². The Labute approximate surface area is 86.3 Å². The molecule has 0 spiro atoms. The Morgan fingerprint density at radius 2 is 2.07 bits per heavy atom. The SMILES string of the molecule is CC(=N)/C(C)=C1/C=C(C(N)=O)SC1=N. The maximum atomic E-state index is 10.8. The van der Waals surface area contributed by atoms with Gasteiger partial charge in [-0.05, 0) is 25.5 Å². The first-order valence-corrected chi connectivity index (χ1v) is 4.79. The summed E-state index contributed by atoms with van der Waals surface area (Å²) in [4.78, 5) is 11.2. The van der Waals surface area contributed by atoms with E-state index in [4.69, 9.17) is 16.6 Å². The fourth-order valence-corrected chi connectivity index (χ4v) is 1.81. The normalized spacial score (nSPS) is 19.3. The molecule has 0 aromatic heterocycles. The van der Waals surface area contributed by atoms with Crippen LogP contribution < -0.4 is 5.73 Å². The zero-order chi connectivity index (χ0) is 10.9. The quantitative estimate of drug-likeness (QED) is 0.600. The number of thioether (sulfide) groups is 1. The molecular weight excluding hydrogens is 198 g/mol. The summed E-state index contributed by atoms with van der Waals surface area (Å²) in [6.45, 7) is 3.41. The molecule has 0 atom stereocenters. The zero-order valence-corrected chi connectivity index (χ0v) is 8.79. The van der Waals surface area contributed by atoms with E-state index in [0.29, 0.717) is 21.8 Å². The van der Waals surface area contributed by atoms with E-state index >= 15 is 0 Å². The predicted molar refractivity (Wildman–Crippen MR) is 58.7 cm³/mol. The number of allylic oxidation sites excluding steroid dienone is 2. The Morgan fingerprint density at radius 1 is 1.50 bits per heavy atom. The van der Waals surface area contributed by atoms with Crippen LogP contribution in [0.25, 0.3) is 0 Å². The second-order valence-corrected chi connectivity index (χ2v) is 4.02. The van der Waals surface area contributed by atoms with Crippen molar-refractivity contribution in [3.05, 3.63) is 22.1 Å². The van der Waals surface area contributed by atoms with Gasteiger partial charge < -0.3 is 11.1 Å². The van der Waals surface area contributed by atoms with Crippen molar-refractivity contribution < 1.29 is 4.79 Å². The van der Waals surface area contributed by atoms with Gasteiger partial charge in [0.15, 0.2) is 0 Å². The second kappa shape index (κ2) is 3.79. The Kier molecular flexibility index (Phi) is 2.90. The van der Waals surface area contributed by atoms with Gasteiger partial charge in [0.25, 0.3) is 5.91 Å². The first-order chi connectivity index (χ1) is 6.43. The highest BCUT2D eigenvalue weighted by atomic mass is 32.2. The molecule has 0 aliphatic carbocycles. The van der Waals surface area contributed by atoms with Gasteiger partial charge >= 0.3 is 0 Å². The van der Waals surface area contributed by atoms with E-state index in [-0.39, 0.29) is 5.04 Å². The van der Waals surface area contributed by atoms with Gasteiger partial charge in [-0.1, -0.05) is 11.8 Å². The monoisotopic (exact) mass is 209 g/mol. The van der Waals surface area contributed by atoms with E-state index in [1.165, 1.54) is 0 Å². The number of hydrogen-bond acceptors (Lipinski definition) is 4. The predicted octanol–water partition coefficient (Wildman–Crippen LogP) is 1.44. The maximum absolute atomic E-state index is 10.8. The van der Waals surface area contributed by atoms with Gasteiger partial charge in [0, 0.05) is 11.3 Å². The van der Waals surface area contributed by atoms with Crippen LogP contribution in [0.3, 0.4) is 0 Å². The largest absolute Gasteiger partial charge is 0.365 e. The van der Waals surface area contributed by atoms with E-state index < -0.39 is 5.91 Å². The molecule has 1 heterocycles. The maximum Gasteiger partial charge on any atom is 0.255 e. The summed E-state index contributed by atoms with van der Waals surface area (Å²) < 4.78 is 0. The van der Waals surface area contributed by atoms with Crippen molar-refractivity contribution >= 4 is 28.4 Å². The second-order valence-electron chi connectivity index (χ2n) is 2.97. The highest BCUT2D eigenvalue weighted by molar-refractivity contribution is 8.18. The molecule has 0 aromatic carbocycles. The molecule has 1 aliphatic rings. The van der Waals surface area contributed by atoms with Gasteiger partial charge in [-0.15, -0.1) is 0 Å². The average molecular weight is 209 g/mol. The number of rotatable bonds is 2. The molecule has 0 saturated carbocycles. The number of nitrogens with two attached hydrogens (primary N) is 1. The number of amides is 1. The molecule has 0 unspecified atom stereocenters. The lowest BCUT2D eigenvalue weighted by Gasteiger charge is -2.01. The van der Waals surface area contributed by atoms with Gasteiger partial charge in [0.2, 0.25) is 0 Å². The number of primary amides is 1. The summed E-state index contributed by atoms with van der Waals surface area (Å²) in [5.74, 6) is -0.523. The minimum absolute atomic E-state index is 0.280. The van der Waals surface area contributed by atoms with Crippen LogP contribution in [0, 0.1) is 10.8 Å². The van der Waals surface area contributed by atoms with E-state index in [1.54, 1.807) is 19.9 Å². The zero-order valence-electron chi connectivity index (χ0n) is 7.97. The van der Waals surface area contributed by atoms with Crippen LogP contribution in [-0.4, -0.2) is 16.7 Å². The van der Waals surface area contributed by atoms with Crippen molar-refractivity contribution in [3.63, 3.8) is 0 Å². The van der Waals surface area contributed by atoms with Crippen LogP contribution in [0.4, 0.5) is 0 Å². The van der Waals surface area contributed by atoms with E-state index in [9.17, 15) is 4.79 Å². The third kappa shape index (κ3) is 1.93. The minimum atomic E-state index is -0.523. The molecule has 0 fully saturated rings. The third-order valence-electron chi connectivity index (χ3n) is 1.94. The van der Waals surface area contributed by atoms with Gasteiger partial charge in [-0.3, -0.25) is 10.2 Å². The summed E-state index contributed by atoms with van der Waals surface area (Å²) in [6.07, 6.45) is 1.57. The lowest BCUT2D eigenvalue weighted by atomic mass is 10.1. The number of carbonyl (C=O) groups excluding carboxylic acids is 1. The molecule has 74 valence electrons. The fourth-order valence-electron chi connectivity index (χ4n) is 0.993. The summed E-state index contributed by atoms with van der Waals surface area (Å²) >= 11 is 1.04. The Morgan fingerprint density at radius 3 is 2.43 bits per heavy atom. The van der Waals surface area contributed by atoms with Crippen LogP contribution in [0.5, 0.6) is 0 Å². The van der Waals surface area contributed by atoms with Crippen LogP contribution in [0.2, 0.25) is 0 Å². The Hall–Kier alpha value is -1.36. The first kappa shape index (κ1) is 10.7. The van der Waals surface area contributed by atoms with E-state index in [2.05, 4.69) is 0 Å². The lowest BCUT2D eigenvalue weighted by Crippen LogP contribution is -2.10. The standard InChI is InChI=1S/C9H11N3OS/c1-4(5(2)10)6-3-7(8(11)13)14-9(6)12/h3,10,12H,1-2H3,(H2,11,13)/b6-4-,10-5?,12-9?. The molecule has 5 heteroatoms. The van der Waals surface area contributed by atoms with Crippen molar-refractivity contribution in [2.45, 2.75) is 13.8 Å². The van der Waals surface area contributed by atoms with Crippen molar-refractivity contribution in [2.24, 2.45) is 5.73 Å². The molecule has 0 saturated heterocycles. The molecule has 1 rings (SSSR count).